The van der Waals surface area contributed by atoms with Gasteiger partial charge in [0.15, 0.2) is 0 Å². The number of rotatable bonds is 5. The summed E-state index contributed by atoms with van der Waals surface area (Å²) in [6, 6.07) is 5.18. The van der Waals surface area contributed by atoms with E-state index in [0.29, 0.717) is 25.9 Å². The molecule has 1 heterocycles. The lowest BCUT2D eigenvalue weighted by molar-refractivity contribution is -0.384. The Balaban J connectivity index is 1.77. The van der Waals surface area contributed by atoms with Crippen LogP contribution in [0.5, 0.6) is 0 Å². The third kappa shape index (κ3) is 5.16. The second-order valence-corrected chi connectivity index (χ2v) is 5.79. The van der Waals surface area contributed by atoms with Crippen LogP contribution in [0, 0.1) is 10.1 Å². The largest absolute Gasteiger partial charge is 0.453 e. The molecule has 1 aromatic rings. The van der Waals surface area contributed by atoms with Crippen LogP contribution in [0.15, 0.2) is 24.3 Å². The van der Waals surface area contributed by atoms with Crippen LogP contribution in [-0.4, -0.2) is 60.5 Å². The van der Waals surface area contributed by atoms with Crippen molar-refractivity contribution in [2.24, 2.45) is 0 Å². The summed E-state index contributed by atoms with van der Waals surface area (Å²) in [4.78, 5) is 47.0. The molecule has 1 saturated heterocycles. The Morgan fingerprint density at radius 1 is 1.31 bits per heavy atom. The number of hydrogen-bond donors (Lipinski definition) is 2. The summed E-state index contributed by atoms with van der Waals surface area (Å²) in [6.45, 7) is 0.730. The van der Waals surface area contributed by atoms with Gasteiger partial charge in [0.1, 0.15) is 0 Å². The van der Waals surface area contributed by atoms with Crippen molar-refractivity contribution in [3.05, 3.63) is 39.9 Å². The van der Waals surface area contributed by atoms with Crippen LogP contribution in [-0.2, 0) is 9.53 Å². The van der Waals surface area contributed by atoms with E-state index in [1.807, 2.05) is 0 Å². The number of piperidine rings is 1. The van der Waals surface area contributed by atoms with Crippen molar-refractivity contribution >= 4 is 23.6 Å². The van der Waals surface area contributed by atoms with Crippen molar-refractivity contribution in [2.45, 2.75) is 18.9 Å². The zero-order valence-electron chi connectivity index (χ0n) is 14.3. The Morgan fingerprint density at radius 2 is 2.00 bits per heavy atom. The Hall–Kier alpha value is -3.17. The highest BCUT2D eigenvalue weighted by Crippen LogP contribution is 2.13. The fraction of sp³-hybridized carbons (Fsp3) is 0.438. The molecule has 0 atom stereocenters. The van der Waals surface area contributed by atoms with Crippen molar-refractivity contribution in [2.75, 3.05) is 26.7 Å². The number of benzene rings is 1. The summed E-state index contributed by atoms with van der Waals surface area (Å²) in [5.74, 6) is -0.926. The van der Waals surface area contributed by atoms with Crippen molar-refractivity contribution in [3.63, 3.8) is 0 Å². The molecule has 0 saturated carbocycles. The van der Waals surface area contributed by atoms with Gasteiger partial charge in [-0.1, -0.05) is 6.07 Å². The number of carbonyl (C=O) groups excluding carboxylic acids is 3. The van der Waals surface area contributed by atoms with E-state index in [-0.39, 0.29) is 35.8 Å². The molecule has 0 spiro atoms. The Kier molecular flexibility index (Phi) is 6.48. The van der Waals surface area contributed by atoms with E-state index in [9.17, 15) is 24.5 Å². The Labute approximate surface area is 149 Å². The maximum atomic E-state index is 12.0. The predicted molar refractivity (Wildman–Crippen MR) is 90.6 cm³/mol. The second kappa shape index (κ2) is 8.79. The molecule has 0 aromatic heterocycles. The molecule has 10 heteroatoms. The van der Waals surface area contributed by atoms with E-state index >= 15 is 0 Å². The molecule has 0 unspecified atom stereocenters. The molecular formula is C16H20N4O6. The topological polar surface area (TPSA) is 131 Å². The molecule has 3 amide bonds. The summed E-state index contributed by atoms with van der Waals surface area (Å²) in [6.07, 6.45) is 0.804. The van der Waals surface area contributed by atoms with Crippen LogP contribution >= 0.6 is 0 Å². The first-order valence-corrected chi connectivity index (χ1v) is 8.05. The molecule has 2 N–H and O–H groups in total. The van der Waals surface area contributed by atoms with Crippen LogP contribution in [0.3, 0.4) is 0 Å². The van der Waals surface area contributed by atoms with Crippen molar-refractivity contribution in [3.8, 4) is 0 Å². The maximum absolute atomic E-state index is 12.0. The Bertz CT molecular complexity index is 700. The van der Waals surface area contributed by atoms with Crippen LogP contribution in [0.25, 0.3) is 0 Å². The molecule has 2 rings (SSSR count). The highest BCUT2D eigenvalue weighted by Gasteiger charge is 2.24. The van der Waals surface area contributed by atoms with Gasteiger partial charge >= 0.3 is 6.09 Å². The second-order valence-electron chi connectivity index (χ2n) is 5.79. The molecular weight excluding hydrogens is 344 g/mol. The minimum absolute atomic E-state index is 0.0851. The smallest absolute Gasteiger partial charge is 0.409 e. The molecule has 0 radical (unpaired) electrons. The van der Waals surface area contributed by atoms with Gasteiger partial charge in [-0.25, -0.2) is 4.79 Å². The van der Waals surface area contributed by atoms with Crippen LogP contribution in [0.4, 0.5) is 10.5 Å². The van der Waals surface area contributed by atoms with E-state index in [1.54, 1.807) is 4.90 Å². The van der Waals surface area contributed by atoms with Gasteiger partial charge < -0.3 is 20.3 Å². The normalized spacial score (nSPS) is 14.4. The lowest BCUT2D eigenvalue weighted by Gasteiger charge is -2.31. The first-order chi connectivity index (χ1) is 12.4. The van der Waals surface area contributed by atoms with E-state index < -0.39 is 10.8 Å². The number of methoxy groups -OCH3 is 1. The first-order valence-electron chi connectivity index (χ1n) is 8.05. The number of nitro groups is 1. The SMILES string of the molecule is COC(=O)N1CCC(NC(=O)CNC(=O)c2cccc([N+](=O)[O-])c2)CC1. The molecule has 1 aromatic carbocycles. The van der Waals surface area contributed by atoms with Crippen molar-refractivity contribution in [1.82, 2.24) is 15.5 Å². The van der Waals surface area contributed by atoms with E-state index in [4.69, 9.17) is 0 Å². The monoisotopic (exact) mass is 364 g/mol. The number of non-ortho nitro benzene ring substituents is 1. The van der Waals surface area contributed by atoms with Crippen LogP contribution < -0.4 is 10.6 Å². The minimum Gasteiger partial charge on any atom is -0.453 e. The zero-order valence-corrected chi connectivity index (χ0v) is 14.3. The average molecular weight is 364 g/mol. The summed E-state index contributed by atoms with van der Waals surface area (Å²) in [7, 11) is 1.32. The minimum atomic E-state index is -0.593. The van der Waals surface area contributed by atoms with Gasteiger partial charge in [-0.05, 0) is 18.9 Å². The maximum Gasteiger partial charge on any atom is 0.409 e. The molecule has 1 aliphatic heterocycles. The van der Waals surface area contributed by atoms with E-state index in [1.165, 1.54) is 25.3 Å². The van der Waals surface area contributed by atoms with Crippen LogP contribution in [0.2, 0.25) is 0 Å². The van der Waals surface area contributed by atoms with Gasteiger partial charge in [-0.3, -0.25) is 19.7 Å². The van der Waals surface area contributed by atoms with Gasteiger partial charge in [0.05, 0.1) is 18.6 Å². The van der Waals surface area contributed by atoms with Crippen LogP contribution in [0.1, 0.15) is 23.2 Å². The third-order valence-electron chi connectivity index (χ3n) is 4.02. The zero-order chi connectivity index (χ0) is 19.1. The fourth-order valence-corrected chi connectivity index (χ4v) is 2.64. The van der Waals surface area contributed by atoms with Gasteiger partial charge in [0, 0.05) is 36.8 Å². The number of amides is 3. The molecule has 140 valence electrons. The highest BCUT2D eigenvalue weighted by atomic mass is 16.6. The summed E-state index contributed by atoms with van der Waals surface area (Å²) in [5, 5.41) is 15.9. The lowest BCUT2D eigenvalue weighted by atomic mass is 10.1. The molecule has 26 heavy (non-hydrogen) atoms. The number of likely N-dealkylation sites (tertiary alicyclic amines) is 1. The number of carbonyl (C=O) groups is 3. The number of nitrogens with one attached hydrogen (secondary N) is 2. The summed E-state index contributed by atoms with van der Waals surface area (Å²) >= 11 is 0. The summed E-state index contributed by atoms with van der Waals surface area (Å²) < 4.78 is 4.65. The van der Waals surface area contributed by atoms with E-state index in [0.717, 1.165) is 6.07 Å². The quantitative estimate of drug-likeness (QED) is 0.583. The fourth-order valence-electron chi connectivity index (χ4n) is 2.64. The van der Waals surface area contributed by atoms with Gasteiger partial charge in [0.25, 0.3) is 11.6 Å². The van der Waals surface area contributed by atoms with Gasteiger partial charge in [-0.2, -0.15) is 0 Å². The predicted octanol–water partition coefficient (Wildman–Crippen LogP) is 0.672. The molecule has 0 bridgehead atoms. The molecule has 1 aliphatic rings. The lowest BCUT2D eigenvalue weighted by Crippen LogP contribution is -2.48. The van der Waals surface area contributed by atoms with Gasteiger partial charge in [0.2, 0.25) is 5.91 Å². The first kappa shape index (κ1) is 19.2. The third-order valence-corrected chi connectivity index (χ3v) is 4.02. The molecule has 1 fully saturated rings. The molecule has 0 aliphatic carbocycles. The Morgan fingerprint density at radius 3 is 2.62 bits per heavy atom. The average Bonchev–Trinajstić information content (AvgIpc) is 2.66. The highest BCUT2D eigenvalue weighted by molar-refractivity contribution is 5.96. The van der Waals surface area contributed by atoms with Crippen molar-refractivity contribution < 1.29 is 24.0 Å². The van der Waals surface area contributed by atoms with E-state index in [2.05, 4.69) is 15.4 Å². The summed E-state index contributed by atoms with van der Waals surface area (Å²) in [5.41, 5.74) is -0.0853. The van der Waals surface area contributed by atoms with Gasteiger partial charge in [-0.15, -0.1) is 0 Å². The number of nitrogens with zero attached hydrogens (tertiary/aromatic N) is 2. The standard InChI is InChI=1S/C16H20N4O6/c1-26-16(23)19-7-5-12(6-8-19)18-14(21)10-17-15(22)11-3-2-4-13(9-11)20(24)25/h2-4,9,12H,5-8,10H2,1H3,(H,17,22)(H,18,21). The number of nitro benzene ring substituents is 1. The van der Waals surface area contributed by atoms with Crippen molar-refractivity contribution in [1.29, 1.82) is 0 Å². The molecule has 10 nitrogen and oxygen atoms in total. The number of ether oxygens (including phenoxy) is 1. The number of hydrogen-bond acceptors (Lipinski definition) is 6.